The molecule has 9 heteroatoms. The Labute approximate surface area is 171 Å². The molecule has 0 aliphatic heterocycles. The number of rotatable bonds is 5. The van der Waals surface area contributed by atoms with E-state index in [1.165, 1.54) is 22.7 Å². The molecule has 152 valence electrons. The highest BCUT2D eigenvalue weighted by molar-refractivity contribution is 5.92. The van der Waals surface area contributed by atoms with Gasteiger partial charge in [-0.15, -0.1) is 5.10 Å². The van der Waals surface area contributed by atoms with Crippen molar-refractivity contribution in [1.82, 2.24) is 24.5 Å². The van der Waals surface area contributed by atoms with E-state index in [9.17, 15) is 9.59 Å². The first-order valence-corrected chi connectivity index (χ1v) is 9.28. The lowest BCUT2D eigenvalue weighted by atomic mass is 10.1. The van der Waals surface area contributed by atoms with E-state index in [-0.39, 0.29) is 18.0 Å². The molecule has 0 aliphatic carbocycles. The predicted molar refractivity (Wildman–Crippen MR) is 112 cm³/mol. The third kappa shape index (κ3) is 3.64. The van der Waals surface area contributed by atoms with Crippen LogP contribution in [0, 0.1) is 13.8 Å². The molecule has 1 amide bonds. The zero-order valence-corrected chi connectivity index (χ0v) is 16.8. The number of amides is 1. The number of carbonyl (C=O) groups excluding carboxylic acids is 1. The fourth-order valence-corrected chi connectivity index (χ4v) is 3.30. The molecule has 2 heterocycles. The van der Waals surface area contributed by atoms with E-state index in [1.807, 2.05) is 32.0 Å². The quantitative estimate of drug-likeness (QED) is 0.547. The summed E-state index contributed by atoms with van der Waals surface area (Å²) in [7, 11) is 1.52. The van der Waals surface area contributed by atoms with Crippen molar-refractivity contribution in [1.29, 1.82) is 0 Å². The van der Waals surface area contributed by atoms with Crippen molar-refractivity contribution in [2.75, 3.05) is 12.4 Å². The van der Waals surface area contributed by atoms with E-state index in [0.29, 0.717) is 17.1 Å². The lowest BCUT2D eigenvalue weighted by Crippen LogP contribution is -2.28. The molecule has 0 spiro atoms. The van der Waals surface area contributed by atoms with Gasteiger partial charge in [0, 0.05) is 0 Å². The molecule has 4 rings (SSSR count). The van der Waals surface area contributed by atoms with Crippen LogP contribution in [0.2, 0.25) is 0 Å². The number of methoxy groups -OCH3 is 1. The summed E-state index contributed by atoms with van der Waals surface area (Å²) in [6, 6.07) is 13.0. The van der Waals surface area contributed by atoms with E-state index >= 15 is 0 Å². The minimum atomic E-state index is -0.439. The smallest absolute Gasteiger partial charge is 0.284 e. The Hall–Kier alpha value is -4.01. The minimum Gasteiger partial charge on any atom is -0.495 e. The molecular formula is C21H20N6O3. The van der Waals surface area contributed by atoms with Crippen molar-refractivity contribution in [2.24, 2.45) is 0 Å². The fraction of sp³-hybridized carbons (Fsp3) is 0.190. The fourth-order valence-electron chi connectivity index (χ4n) is 3.30. The normalized spacial score (nSPS) is 10.9. The predicted octanol–water partition coefficient (Wildman–Crippen LogP) is 2.24. The number of benzene rings is 2. The first-order valence-electron chi connectivity index (χ1n) is 9.28. The van der Waals surface area contributed by atoms with Crippen LogP contribution in [0.25, 0.3) is 16.9 Å². The van der Waals surface area contributed by atoms with Crippen LogP contribution in [0.15, 0.2) is 53.6 Å². The van der Waals surface area contributed by atoms with Gasteiger partial charge in [0.05, 0.1) is 18.5 Å². The van der Waals surface area contributed by atoms with Crippen LogP contribution in [-0.4, -0.2) is 37.6 Å². The Morgan fingerprint density at radius 2 is 1.87 bits per heavy atom. The molecule has 0 bridgehead atoms. The number of ether oxygens (including phenoxy) is 1. The van der Waals surface area contributed by atoms with Crippen molar-refractivity contribution in [3.05, 3.63) is 70.3 Å². The van der Waals surface area contributed by atoms with Gasteiger partial charge in [0.25, 0.3) is 5.56 Å². The number of nitrogens with one attached hydrogen (secondary N) is 1. The Kier molecular flexibility index (Phi) is 5.01. The molecule has 0 saturated carbocycles. The Bertz CT molecular complexity index is 1290. The summed E-state index contributed by atoms with van der Waals surface area (Å²) in [6.07, 6.45) is 1.33. The van der Waals surface area contributed by atoms with Gasteiger partial charge in [-0.2, -0.15) is 4.68 Å². The van der Waals surface area contributed by atoms with Crippen LogP contribution in [0.1, 0.15) is 11.1 Å². The number of nitrogens with zero attached hydrogens (tertiary/aromatic N) is 5. The number of fused-ring (bicyclic) bond motifs is 1. The van der Waals surface area contributed by atoms with Gasteiger partial charge >= 0.3 is 0 Å². The van der Waals surface area contributed by atoms with Crippen molar-refractivity contribution in [3.8, 4) is 11.4 Å². The molecular weight excluding hydrogens is 384 g/mol. The van der Waals surface area contributed by atoms with Gasteiger partial charge in [0.2, 0.25) is 5.91 Å². The first-order chi connectivity index (χ1) is 14.5. The molecule has 0 aliphatic rings. The third-order valence-corrected chi connectivity index (χ3v) is 4.58. The molecule has 9 nitrogen and oxygen atoms in total. The maximum Gasteiger partial charge on any atom is 0.284 e. The van der Waals surface area contributed by atoms with Crippen molar-refractivity contribution in [2.45, 2.75) is 20.4 Å². The summed E-state index contributed by atoms with van der Waals surface area (Å²) in [6.45, 7) is 3.75. The van der Waals surface area contributed by atoms with E-state index in [4.69, 9.17) is 4.74 Å². The molecule has 2 aromatic heterocycles. The van der Waals surface area contributed by atoms with Crippen molar-refractivity contribution >= 4 is 22.8 Å². The van der Waals surface area contributed by atoms with Crippen LogP contribution in [-0.2, 0) is 11.3 Å². The molecule has 4 aromatic rings. The van der Waals surface area contributed by atoms with Crippen LogP contribution in [0.4, 0.5) is 5.69 Å². The number of hydrogen-bond donors (Lipinski definition) is 1. The summed E-state index contributed by atoms with van der Waals surface area (Å²) < 4.78 is 7.95. The largest absolute Gasteiger partial charge is 0.495 e. The van der Waals surface area contributed by atoms with Crippen LogP contribution >= 0.6 is 0 Å². The molecule has 2 aromatic carbocycles. The number of carbonyl (C=O) groups is 1. The van der Waals surface area contributed by atoms with Crippen molar-refractivity contribution < 1.29 is 9.53 Å². The van der Waals surface area contributed by atoms with E-state index < -0.39 is 5.56 Å². The molecule has 0 saturated heterocycles. The SMILES string of the molecule is COc1ccccc1NC(=O)Cn1cnc2c(nnn2-c2cc(C)cc(C)c2)c1=O. The highest BCUT2D eigenvalue weighted by Gasteiger charge is 2.16. The van der Waals surface area contributed by atoms with E-state index in [1.54, 1.807) is 24.3 Å². The van der Waals surface area contributed by atoms with Gasteiger partial charge < -0.3 is 10.1 Å². The first kappa shape index (κ1) is 19.3. The maximum absolute atomic E-state index is 12.8. The van der Waals surface area contributed by atoms with E-state index in [2.05, 4.69) is 20.6 Å². The van der Waals surface area contributed by atoms with Crippen molar-refractivity contribution in [3.63, 3.8) is 0 Å². The van der Waals surface area contributed by atoms with Gasteiger partial charge in [0.15, 0.2) is 11.2 Å². The minimum absolute atomic E-state index is 0.0988. The highest BCUT2D eigenvalue weighted by Crippen LogP contribution is 2.23. The standard InChI is InChI=1S/C21H20N6O3/c1-13-8-14(2)10-15(9-13)27-20-19(24-25-27)21(29)26(12-22-20)11-18(28)23-16-6-4-5-7-17(16)30-3/h4-10,12H,11H2,1-3H3,(H,23,28). The molecule has 30 heavy (non-hydrogen) atoms. The second kappa shape index (κ2) is 7.78. The van der Waals surface area contributed by atoms with Crippen LogP contribution in [0.3, 0.4) is 0 Å². The summed E-state index contributed by atoms with van der Waals surface area (Å²) in [5, 5.41) is 10.8. The number of hydrogen-bond acceptors (Lipinski definition) is 6. The summed E-state index contributed by atoms with van der Waals surface area (Å²) in [5.41, 5.74) is 3.42. The molecule has 0 unspecified atom stereocenters. The van der Waals surface area contributed by atoms with Crippen LogP contribution < -0.4 is 15.6 Å². The lowest BCUT2D eigenvalue weighted by molar-refractivity contribution is -0.116. The average molecular weight is 404 g/mol. The number of aromatic nitrogens is 5. The lowest BCUT2D eigenvalue weighted by Gasteiger charge is -2.10. The van der Waals surface area contributed by atoms with Gasteiger partial charge in [-0.25, -0.2) is 4.98 Å². The maximum atomic E-state index is 12.8. The Balaban J connectivity index is 1.63. The number of anilines is 1. The zero-order valence-electron chi connectivity index (χ0n) is 16.8. The highest BCUT2D eigenvalue weighted by atomic mass is 16.5. The van der Waals surface area contributed by atoms with Gasteiger partial charge in [0.1, 0.15) is 18.6 Å². The topological polar surface area (TPSA) is 104 Å². The average Bonchev–Trinajstić information content (AvgIpc) is 3.15. The monoisotopic (exact) mass is 404 g/mol. The third-order valence-electron chi connectivity index (χ3n) is 4.58. The zero-order chi connectivity index (χ0) is 21.3. The summed E-state index contributed by atoms with van der Waals surface area (Å²) in [5.74, 6) is 0.146. The van der Waals surface area contributed by atoms with Crippen LogP contribution in [0.5, 0.6) is 5.75 Å². The van der Waals surface area contributed by atoms with Gasteiger partial charge in [-0.1, -0.05) is 23.4 Å². The second-order valence-electron chi connectivity index (χ2n) is 6.95. The Morgan fingerprint density at radius 1 is 1.13 bits per heavy atom. The number of aryl methyl sites for hydroxylation is 2. The Morgan fingerprint density at radius 3 is 2.60 bits per heavy atom. The van der Waals surface area contributed by atoms with Gasteiger partial charge in [-0.3, -0.25) is 14.2 Å². The molecule has 0 atom stereocenters. The number of para-hydroxylation sites is 2. The second-order valence-corrected chi connectivity index (χ2v) is 6.95. The molecule has 0 fully saturated rings. The van der Waals surface area contributed by atoms with E-state index in [0.717, 1.165) is 16.8 Å². The summed E-state index contributed by atoms with van der Waals surface area (Å²) in [4.78, 5) is 29.6. The molecule has 0 radical (unpaired) electrons. The summed E-state index contributed by atoms with van der Waals surface area (Å²) >= 11 is 0. The van der Waals surface area contributed by atoms with Gasteiger partial charge in [-0.05, 0) is 49.2 Å². The molecule has 1 N–H and O–H groups in total.